The molecule has 3 fully saturated rings. The highest BCUT2D eigenvalue weighted by molar-refractivity contribution is 9.10. The lowest BCUT2D eigenvalue weighted by Crippen LogP contribution is -2.45. The third-order valence-electron chi connectivity index (χ3n) is 6.88. The summed E-state index contributed by atoms with van der Waals surface area (Å²) in [6, 6.07) is 3.75. The summed E-state index contributed by atoms with van der Waals surface area (Å²) in [5, 5.41) is 5.86. The number of hydrogen-bond donors (Lipinski definition) is 3. The van der Waals surface area contributed by atoms with Gasteiger partial charge in [-0.25, -0.2) is 4.98 Å². The molecular formula is C20H25BrN4O3. The topological polar surface area (TPSA) is 114 Å². The minimum atomic E-state index is -0.440. The average molecular weight is 449 g/mol. The first-order valence-corrected chi connectivity index (χ1v) is 10.7. The van der Waals surface area contributed by atoms with Crippen LogP contribution in [0.4, 0.5) is 0 Å². The van der Waals surface area contributed by atoms with Crippen molar-refractivity contribution < 1.29 is 14.4 Å². The van der Waals surface area contributed by atoms with Crippen molar-refractivity contribution in [1.29, 1.82) is 0 Å². The van der Waals surface area contributed by atoms with Gasteiger partial charge < -0.3 is 16.4 Å². The number of carbonyl (C=O) groups excluding carboxylic acids is 3. The second-order valence-electron chi connectivity index (χ2n) is 8.29. The molecule has 3 saturated carbocycles. The monoisotopic (exact) mass is 448 g/mol. The summed E-state index contributed by atoms with van der Waals surface area (Å²) in [5.74, 6) is -0.634. The Balaban J connectivity index is 1.45. The van der Waals surface area contributed by atoms with Crippen LogP contribution in [-0.2, 0) is 20.9 Å². The molecule has 1 aromatic rings. The van der Waals surface area contributed by atoms with Gasteiger partial charge in [-0.15, -0.1) is 0 Å². The van der Waals surface area contributed by atoms with Crippen LogP contribution >= 0.6 is 15.9 Å². The number of carbonyl (C=O) groups is 3. The van der Waals surface area contributed by atoms with Gasteiger partial charge in [0, 0.05) is 25.7 Å². The molecule has 0 aromatic carbocycles. The first-order valence-electron chi connectivity index (χ1n) is 9.86. The fraction of sp³-hybridized carbons (Fsp3) is 0.600. The van der Waals surface area contributed by atoms with E-state index in [0.717, 1.165) is 35.8 Å². The standard InChI is InChI=1S/C20H25BrN4O3/c21-14-4-1-11(9-24-14)10-25-19(28)17-13-3-2-12(20(13)6-7-20)16(17)18(27)23-8-5-15(22)26/h1,4,9,12-13,16-17H,2-3,5-8,10H2,(H2,22,26)(H,23,27)(H,25,28)/t12-,13+,16-,17-/m1/s1. The number of pyridine rings is 1. The quantitative estimate of drug-likeness (QED) is 0.548. The average Bonchev–Trinajstić information content (AvgIpc) is 3.33. The Labute approximate surface area is 172 Å². The summed E-state index contributed by atoms with van der Waals surface area (Å²) in [5.41, 5.74) is 6.27. The summed E-state index contributed by atoms with van der Waals surface area (Å²) in [4.78, 5) is 41.1. The van der Waals surface area contributed by atoms with Crippen LogP contribution in [0.2, 0.25) is 0 Å². The molecule has 1 aromatic heterocycles. The van der Waals surface area contributed by atoms with Gasteiger partial charge in [-0.2, -0.15) is 0 Å². The van der Waals surface area contributed by atoms with Crippen molar-refractivity contribution in [1.82, 2.24) is 15.6 Å². The third-order valence-corrected chi connectivity index (χ3v) is 7.35. The zero-order valence-corrected chi connectivity index (χ0v) is 17.2. The van der Waals surface area contributed by atoms with E-state index in [9.17, 15) is 14.4 Å². The molecule has 3 amide bonds. The van der Waals surface area contributed by atoms with Crippen molar-refractivity contribution >= 4 is 33.7 Å². The smallest absolute Gasteiger partial charge is 0.224 e. The summed E-state index contributed by atoms with van der Waals surface area (Å²) >= 11 is 3.30. The third kappa shape index (κ3) is 3.43. The molecule has 4 atom stereocenters. The van der Waals surface area contributed by atoms with Crippen LogP contribution in [0, 0.1) is 29.1 Å². The molecule has 150 valence electrons. The van der Waals surface area contributed by atoms with Gasteiger partial charge in [0.15, 0.2) is 0 Å². The predicted molar refractivity (Wildman–Crippen MR) is 105 cm³/mol. The van der Waals surface area contributed by atoms with Crippen LogP contribution in [0.1, 0.15) is 37.7 Å². The van der Waals surface area contributed by atoms with Crippen LogP contribution in [0.25, 0.3) is 0 Å². The van der Waals surface area contributed by atoms with Crippen LogP contribution in [0.3, 0.4) is 0 Å². The number of halogens is 1. The molecule has 4 N–H and O–H groups in total. The van der Waals surface area contributed by atoms with E-state index in [1.165, 1.54) is 0 Å². The number of amides is 3. The van der Waals surface area contributed by atoms with E-state index >= 15 is 0 Å². The van der Waals surface area contributed by atoms with Crippen LogP contribution in [-0.4, -0.2) is 29.3 Å². The summed E-state index contributed by atoms with van der Waals surface area (Å²) in [7, 11) is 0. The maximum absolute atomic E-state index is 13.1. The molecule has 1 heterocycles. The summed E-state index contributed by atoms with van der Waals surface area (Å²) in [6.07, 6.45) is 6.11. The molecule has 4 rings (SSSR count). The molecule has 28 heavy (non-hydrogen) atoms. The maximum Gasteiger partial charge on any atom is 0.224 e. The number of hydrogen-bond acceptors (Lipinski definition) is 4. The normalized spacial score (nSPS) is 28.9. The minimum Gasteiger partial charge on any atom is -0.370 e. The van der Waals surface area contributed by atoms with Crippen molar-refractivity contribution in [2.24, 2.45) is 34.8 Å². The van der Waals surface area contributed by atoms with Gasteiger partial charge in [-0.1, -0.05) is 6.07 Å². The molecule has 0 radical (unpaired) electrons. The number of nitrogens with zero attached hydrogens (tertiary/aromatic N) is 1. The van der Waals surface area contributed by atoms with E-state index in [2.05, 4.69) is 31.5 Å². The van der Waals surface area contributed by atoms with Crippen LogP contribution in [0.15, 0.2) is 22.9 Å². The van der Waals surface area contributed by atoms with Gasteiger partial charge in [0.25, 0.3) is 0 Å². The van der Waals surface area contributed by atoms with E-state index in [1.807, 2.05) is 12.1 Å². The van der Waals surface area contributed by atoms with E-state index in [1.54, 1.807) is 6.20 Å². The molecule has 8 heteroatoms. The van der Waals surface area contributed by atoms with Gasteiger partial charge in [0.2, 0.25) is 17.7 Å². The molecule has 0 aliphatic heterocycles. The number of aromatic nitrogens is 1. The van der Waals surface area contributed by atoms with Gasteiger partial charge in [-0.3, -0.25) is 14.4 Å². The molecule has 7 nitrogen and oxygen atoms in total. The fourth-order valence-electron chi connectivity index (χ4n) is 5.61. The summed E-state index contributed by atoms with van der Waals surface area (Å²) in [6.45, 7) is 0.629. The Morgan fingerprint density at radius 3 is 2.29 bits per heavy atom. The molecular weight excluding hydrogens is 424 g/mol. The molecule has 3 aliphatic rings. The van der Waals surface area contributed by atoms with Gasteiger partial charge in [0.05, 0.1) is 11.8 Å². The highest BCUT2D eigenvalue weighted by atomic mass is 79.9. The second kappa shape index (κ2) is 7.46. The highest BCUT2D eigenvalue weighted by Crippen LogP contribution is 2.74. The van der Waals surface area contributed by atoms with Gasteiger partial charge in [0.1, 0.15) is 4.60 Å². The van der Waals surface area contributed by atoms with E-state index in [4.69, 9.17) is 5.73 Å². The fourth-order valence-corrected chi connectivity index (χ4v) is 5.84. The number of nitrogens with two attached hydrogens (primary N) is 1. The van der Waals surface area contributed by atoms with Crippen LogP contribution in [0.5, 0.6) is 0 Å². The van der Waals surface area contributed by atoms with Crippen molar-refractivity contribution in [2.45, 2.75) is 38.6 Å². The number of rotatable bonds is 7. The Morgan fingerprint density at radius 2 is 1.75 bits per heavy atom. The maximum atomic E-state index is 13.1. The van der Waals surface area contributed by atoms with Crippen molar-refractivity contribution in [2.75, 3.05) is 6.54 Å². The lowest BCUT2D eigenvalue weighted by Gasteiger charge is -2.29. The Bertz CT molecular complexity index is 793. The van der Waals surface area contributed by atoms with Gasteiger partial charge >= 0.3 is 0 Å². The lowest BCUT2D eigenvalue weighted by atomic mass is 9.78. The molecule has 0 saturated heterocycles. The SMILES string of the molecule is NC(=O)CCNC(=O)[C@H]1[C@H](C(=O)NCc2ccc(Br)nc2)[C@@H]2CC[C@H]1C21CC1. The highest BCUT2D eigenvalue weighted by Gasteiger charge is 2.71. The Morgan fingerprint density at radius 1 is 1.11 bits per heavy atom. The van der Waals surface area contributed by atoms with Crippen molar-refractivity contribution in [3.05, 3.63) is 28.5 Å². The Hall–Kier alpha value is -1.96. The molecule has 0 unspecified atom stereocenters. The van der Waals surface area contributed by atoms with Crippen molar-refractivity contribution in [3.63, 3.8) is 0 Å². The van der Waals surface area contributed by atoms with Crippen molar-refractivity contribution in [3.8, 4) is 0 Å². The second-order valence-corrected chi connectivity index (χ2v) is 9.10. The van der Waals surface area contributed by atoms with Gasteiger partial charge in [-0.05, 0) is 70.5 Å². The zero-order valence-electron chi connectivity index (χ0n) is 15.6. The largest absolute Gasteiger partial charge is 0.370 e. The van der Waals surface area contributed by atoms with E-state index in [0.29, 0.717) is 6.54 Å². The number of primary amides is 1. The predicted octanol–water partition coefficient (Wildman–Crippen LogP) is 1.50. The molecule has 3 aliphatic carbocycles. The summed E-state index contributed by atoms with van der Waals surface area (Å²) < 4.78 is 0.749. The van der Waals surface area contributed by atoms with E-state index < -0.39 is 5.91 Å². The first kappa shape index (κ1) is 19.4. The number of nitrogens with one attached hydrogen (secondary N) is 2. The first-order chi connectivity index (χ1) is 13.4. The zero-order chi connectivity index (χ0) is 19.9. The van der Waals surface area contributed by atoms with E-state index in [-0.39, 0.29) is 53.9 Å². The Kier molecular flexibility index (Phi) is 5.16. The molecule has 2 bridgehead atoms. The lowest BCUT2D eigenvalue weighted by molar-refractivity contribution is -0.137. The van der Waals surface area contributed by atoms with Crippen LogP contribution < -0.4 is 16.4 Å². The minimum absolute atomic E-state index is 0.0450. The molecule has 1 spiro atoms.